The topological polar surface area (TPSA) is 94.8 Å². The maximum atomic E-state index is 14.7. The van der Waals surface area contributed by atoms with Gasteiger partial charge in [0.2, 0.25) is 0 Å². The van der Waals surface area contributed by atoms with Crippen molar-refractivity contribution in [2.75, 3.05) is 6.26 Å². The first-order chi connectivity index (χ1) is 31.5. The predicted molar refractivity (Wildman–Crippen MR) is 306 cm³/mol. The molecule has 0 saturated heterocycles. The van der Waals surface area contributed by atoms with E-state index < -0.39 is 28.6 Å². The van der Waals surface area contributed by atoms with Crippen LogP contribution >= 0.6 is 7.94 Å². The summed E-state index contributed by atoms with van der Waals surface area (Å²) in [5, 5.41) is 4.14. The zero-order valence-electron chi connectivity index (χ0n) is 48.3. The minimum atomic E-state index is -4.85. The van der Waals surface area contributed by atoms with Crippen LogP contribution in [0.5, 0.6) is 0 Å². The lowest BCUT2D eigenvalue weighted by Gasteiger charge is -2.38. The Morgan fingerprint density at radius 1 is 0.400 bits per heavy atom. The molecular weight excluding hydrogens is 900 g/mol. The van der Waals surface area contributed by atoms with Crippen LogP contribution in [0.2, 0.25) is 0 Å². The highest BCUT2D eigenvalue weighted by Gasteiger charge is 2.44. The SMILES string of the molecule is CC(C)C(C)(C)c1cc(C(C)(C)C(C)C)c2cc(-c3c([P+](O)(O)O)ccc(S(C)(=O)=O)c3-c3cc4c(C(C)(C)C(C)C)cc(C(C)(C)C(C)C)cc4cc3C(C)(C)C(C)C)c(C(C)(C)C(C)C)cc2c1. The van der Waals surface area contributed by atoms with Crippen molar-refractivity contribution in [3.05, 3.63) is 94.0 Å². The largest absolute Gasteiger partial charge is 0.441 e. The highest BCUT2D eigenvalue weighted by atomic mass is 32.2. The van der Waals surface area contributed by atoms with Gasteiger partial charge in [0, 0.05) is 17.4 Å². The number of benzene rings is 5. The van der Waals surface area contributed by atoms with Gasteiger partial charge >= 0.3 is 7.94 Å². The minimum Gasteiger partial charge on any atom is -0.224 e. The normalized spacial score (nSPS) is 14.3. The average molecular weight is 994 g/mol. The highest BCUT2D eigenvalue weighted by molar-refractivity contribution is 7.90. The van der Waals surface area contributed by atoms with Gasteiger partial charge in [-0.25, -0.2) is 8.42 Å². The van der Waals surface area contributed by atoms with E-state index in [1.165, 1.54) is 40.6 Å². The standard InChI is InChI=1S/C63H94O5PS/c1-36(2)58(13,14)44-28-42-30-50(60(17,18)38(5)6)48(34-46(42)52(32-44)62(21,22)40(9)10)56-54(69(64,65)66)26-27-55(70(25,67)68)57(56)49-35-47-43(31-51(49)61(19,20)39(7)8)29-45(59(15,16)37(3)4)33-53(47)63(23,24)41(11)12/h26-41,64-66H,1-25H3/q+1. The van der Waals surface area contributed by atoms with E-state index in [1.54, 1.807) is 0 Å². The maximum absolute atomic E-state index is 14.7. The molecule has 5 aromatic carbocycles. The first-order valence-corrected chi connectivity index (χ1v) is 29.7. The lowest BCUT2D eigenvalue weighted by atomic mass is 9.66. The van der Waals surface area contributed by atoms with Crippen molar-refractivity contribution in [1.82, 2.24) is 0 Å². The third kappa shape index (κ3) is 10.1. The summed E-state index contributed by atoms with van der Waals surface area (Å²) in [5.41, 5.74) is 6.96. The summed E-state index contributed by atoms with van der Waals surface area (Å²) in [6, 6.07) is 21.4. The van der Waals surface area contributed by atoms with Gasteiger partial charge in [0.1, 0.15) is 0 Å². The molecule has 0 bridgehead atoms. The summed E-state index contributed by atoms with van der Waals surface area (Å²) < 4.78 is 29.5. The van der Waals surface area contributed by atoms with Crippen molar-refractivity contribution in [3.63, 3.8) is 0 Å². The van der Waals surface area contributed by atoms with Gasteiger partial charge in [0.15, 0.2) is 15.1 Å². The second kappa shape index (κ2) is 19.0. The number of rotatable bonds is 16. The van der Waals surface area contributed by atoms with Gasteiger partial charge in [-0.1, -0.05) is 190 Å². The Labute approximate surface area is 427 Å². The summed E-state index contributed by atoms with van der Waals surface area (Å²) in [6.45, 7) is 54.4. The molecule has 0 amide bonds. The lowest BCUT2D eigenvalue weighted by Crippen LogP contribution is -2.29. The van der Waals surface area contributed by atoms with Crippen LogP contribution < -0.4 is 5.30 Å². The van der Waals surface area contributed by atoms with Crippen LogP contribution in [0.4, 0.5) is 0 Å². The molecule has 0 aliphatic rings. The van der Waals surface area contributed by atoms with E-state index in [9.17, 15) is 23.1 Å². The minimum absolute atomic E-state index is 0.0672. The summed E-state index contributed by atoms with van der Waals surface area (Å²) in [7, 11) is -8.86. The fraction of sp³-hybridized carbons (Fsp3) is 0.587. The van der Waals surface area contributed by atoms with Crippen LogP contribution in [0, 0.1) is 35.5 Å². The molecule has 0 saturated carbocycles. The zero-order valence-corrected chi connectivity index (χ0v) is 50.0. The van der Waals surface area contributed by atoms with Crippen LogP contribution in [0.15, 0.2) is 65.6 Å². The van der Waals surface area contributed by atoms with Crippen LogP contribution in [0.3, 0.4) is 0 Å². The first-order valence-electron chi connectivity index (χ1n) is 26.2. The van der Waals surface area contributed by atoms with E-state index >= 15 is 0 Å². The molecule has 386 valence electrons. The molecule has 0 spiro atoms. The van der Waals surface area contributed by atoms with E-state index in [1.807, 2.05) is 0 Å². The Hall–Kier alpha value is -3.12. The molecular formula is C63H94O5PS+. The molecule has 0 aliphatic carbocycles. The molecule has 0 aliphatic heterocycles. The van der Waals surface area contributed by atoms with Crippen molar-refractivity contribution in [3.8, 4) is 22.3 Å². The number of sulfone groups is 1. The van der Waals surface area contributed by atoms with E-state index in [4.69, 9.17) is 0 Å². The molecule has 0 heterocycles. The van der Waals surface area contributed by atoms with Crippen molar-refractivity contribution in [2.24, 2.45) is 35.5 Å². The Kier molecular flexibility index (Phi) is 15.7. The third-order valence-corrected chi connectivity index (χ3v) is 21.7. The lowest BCUT2D eigenvalue weighted by molar-refractivity contribution is 0.347. The van der Waals surface area contributed by atoms with Crippen LogP contribution in [0.1, 0.15) is 200 Å². The van der Waals surface area contributed by atoms with Gasteiger partial charge < -0.3 is 0 Å². The molecule has 7 heteroatoms. The predicted octanol–water partition coefficient (Wildman–Crippen LogP) is 16.7. The molecule has 5 aromatic rings. The molecule has 5 rings (SSSR count). The van der Waals surface area contributed by atoms with Gasteiger partial charge in [-0.15, -0.1) is 0 Å². The smallest absolute Gasteiger partial charge is 0.224 e. The second-order valence-electron chi connectivity index (χ2n) is 26.7. The number of hydrogen-bond donors (Lipinski definition) is 3. The van der Waals surface area contributed by atoms with Gasteiger partial charge in [0.05, 0.1) is 4.90 Å². The molecule has 70 heavy (non-hydrogen) atoms. The summed E-state index contributed by atoms with van der Waals surface area (Å²) >= 11 is 0. The summed E-state index contributed by atoms with van der Waals surface area (Å²) in [6.07, 6.45) is 1.25. The number of fused-ring (bicyclic) bond motifs is 2. The fourth-order valence-electron chi connectivity index (χ4n) is 9.70. The van der Waals surface area contributed by atoms with Crippen molar-refractivity contribution < 1.29 is 23.1 Å². The summed E-state index contributed by atoms with van der Waals surface area (Å²) in [5.74, 6) is 1.44. The monoisotopic (exact) mass is 994 g/mol. The Morgan fingerprint density at radius 2 is 0.700 bits per heavy atom. The molecule has 0 radical (unpaired) electrons. The fourth-order valence-corrected chi connectivity index (χ4v) is 11.4. The van der Waals surface area contributed by atoms with Crippen LogP contribution in [-0.2, 0) is 42.3 Å². The highest BCUT2D eigenvalue weighted by Crippen LogP contribution is 2.56. The molecule has 3 N–H and O–H groups in total. The van der Waals surface area contributed by atoms with Crippen molar-refractivity contribution in [1.29, 1.82) is 0 Å². The van der Waals surface area contributed by atoms with E-state index in [0.29, 0.717) is 34.1 Å². The second-order valence-corrected chi connectivity index (χ2v) is 30.3. The van der Waals surface area contributed by atoms with Crippen molar-refractivity contribution in [2.45, 2.75) is 204 Å². The summed E-state index contributed by atoms with van der Waals surface area (Å²) in [4.78, 5) is 35.7. The molecule has 0 fully saturated rings. The molecule has 0 unspecified atom stereocenters. The number of hydrogen-bond acceptors (Lipinski definition) is 5. The van der Waals surface area contributed by atoms with Crippen LogP contribution in [-0.4, -0.2) is 29.4 Å². The Balaban J connectivity index is 2.28. The Bertz CT molecular complexity index is 2890. The van der Waals surface area contributed by atoms with Gasteiger partial charge in [-0.3, -0.25) is 0 Å². The van der Waals surface area contributed by atoms with Crippen LogP contribution in [0.25, 0.3) is 43.8 Å². The van der Waals surface area contributed by atoms with E-state index in [0.717, 1.165) is 32.7 Å². The average Bonchev–Trinajstić information content (AvgIpc) is 3.22. The van der Waals surface area contributed by atoms with E-state index in [2.05, 4.69) is 215 Å². The van der Waals surface area contributed by atoms with Gasteiger partial charge in [0.25, 0.3) is 0 Å². The third-order valence-electron chi connectivity index (χ3n) is 19.5. The first kappa shape index (κ1) is 57.8. The maximum Gasteiger partial charge on any atom is 0.441 e. The van der Waals surface area contributed by atoms with Crippen molar-refractivity contribution >= 4 is 44.6 Å². The van der Waals surface area contributed by atoms with E-state index in [-0.39, 0.29) is 55.5 Å². The molecule has 0 aromatic heterocycles. The van der Waals surface area contributed by atoms with Gasteiger partial charge in [-0.2, -0.15) is 14.7 Å². The molecule has 0 atom stereocenters. The quantitative estimate of drug-likeness (QED) is 0.0856. The molecule has 5 nitrogen and oxygen atoms in total. The zero-order chi connectivity index (χ0) is 53.8. The van der Waals surface area contributed by atoms with Gasteiger partial charge in [-0.05, 0) is 170 Å². The Morgan fingerprint density at radius 3 is 0.986 bits per heavy atom.